The maximum Gasteiger partial charge on any atom is 0.339 e. The van der Waals surface area contributed by atoms with Crippen molar-refractivity contribution in [1.29, 1.82) is 0 Å². The lowest BCUT2D eigenvalue weighted by molar-refractivity contribution is -0.123. The molecular formula is C20H16N2O6S. The molecule has 148 valence electrons. The van der Waals surface area contributed by atoms with Crippen LogP contribution >= 0.6 is 11.3 Å². The molecule has 3 amide bonds. The Hall–Kier alpha value is -3.72. The molecule has 9 heteroatoms. The van der Waals surface area contributed by atoms with Crippen LogP contribution in [0.2, 0.25) is 0 Å². The third-order valence-corrected chi connectivity index (χ3v) is 4.60. The van der Waals surface area contributed by atoms with Crippen molar-refractivity contribution >= 4 is 35.0 Å². The summed E-state index contributed by atoms with van der Waals surface area (Å²) in [6.07, 6.45) is 1.46. The maximum atomic E-state index is 12.5. The minimum Gasteiger partial charge on any atom is -0.467 e. The normalized spacial score (nSPS) is 10.2. The molecule has 0 fully saturated rings. The summed E-state index contributed by atoms with van der Waals surface area (Å²) in [6.45, 7) is -0.571. The number of hydrogen-bond donors (Lipinski definition) is 2. The van der Waals surface area contributed by atoms with E-state index in [1.807, 2.05) is 5.32 Å². The van der Waals surface area contributed by atoms with Crippen molar-refractivity contribution < 1.29 is 28.3 Å². The van der Waals surface area contributed by atoms with Gasteiger partial charge in [-0.05, 0) is 29.6 Å². The van der Waals surface area contributed by atoms with Crippen molar-refractivity contribution in [3.8, 4) is 0 Å². The first-order chi connectivity index (χ1) is 14.0. The molecule has 0 unspecified atom stereocenters. The van der Waals surface area contributed by atoms with Crippen molar-refractivity contribution in [2.24, 2.45) is 0 Å². The van der Waals surface area contributed by atoms with Gasteiger partial charge in [0.25, 0.3) is 5.91 Å². The second-order valence-electron chi connectivity index (χ2n) is 5.74. The quantitative estimate of drug-likeness (QED) is 0.456. The molecule has 0 saturated heterocycles. The number of ether oxygens (including phenoxy) is 1. The van der Waals surface area contributed by atoms with E-state index in [4.69, 9.17) is 9.15 Å². The Morgan fingerprint density at radius 1 is 0.966 bits per heavy atom. The summed E-state index contributed by atoms with van der Waals surface area (Å²) in [5, 5.41) is 6.22. The summed E-state index contributed by atoms with van der Waals surface area (Å²) in [4.78, 5) is 48.9. The van der Waals surface area contributed by atoms with E-state index in [0.717, 1.165) is 0 Å². The highest BCUT2D eigenvalue weighted by Crippen LogP contribution is 2.19. The van der Waals surface area contributed by atoms with E-state index >= 15 is 0 Å². The second kappa shape index (κ2) is 9.47. The SMILES string of the molecule is O=C(COC(=O)c1ccccc1C(=O)c1cccs1)NC(=O)NCc1ccco1. The summed E-state index contributed by atoms with van der Waals surface area (Å²) in [5.74, 6) is -1.44. The maximum absolute atomic E-state index is 12.5. The van der Waals surface area contributed by atoms with E-state index in [9.17, 15) is 19.2 Å². The Kier molecular flexibility index (Phi) is 6.54. The van der Waals surface area contributed by atoms with Gasteiger partial charge in [0, 0.05) is 5.56 Å². The van der Waals surface area contributed by atoms with Crippen LogP contribution in [-0.4, -0.2) is 30.3 Å². The standard InChI is InChI=1S/C20H16N2O6S/c23-17(22-20(26)21-11-13-5-3-9-27-13)12-28-19(25)15-7-2-1-6-14(15)18(24)16-8-4-10-29-16/h1-10H,11-12H2,(H2,21,22,23,26). The first-order valence-electron chi connectivity index (χ1n) is 8.49. The number of thiophene rings is 1. The number of furan rings is 1. The lowest BCUT2D eigenvalue weighted by atomic mass is 10.0. The Morgan fingerprint density at radius 2 is 1.76 bits per heavy atom. The number of urea groups is 1. The molecule has 0 atom stereocenters. The summed E-state index contributed by atoms with van der Waals surface area (Å²) >= 11 is 1.26. The highest BCUT2D eigenvalue weighted by molar-refractivity contribution is 7.12. The van der Waals surface area contributed by atoms with Gasteiger partial charge in [-0.3, -0.25) is 14.9 Å². The largest absolute Gasteiger partial charge is 0.467 e. The second-order valence-corrected chi connectivity index (χ2v) is 6.69. The van der Waals surface area contributed by atoms with Gasteiger partial charge >= 0.3 is 12.0 Å². The highest BCUT2D eigenvalue weighted by Gasteiger charge is 2.20. The molecular weight excluding hydrogens is 396 g/mol. The molecule has 2 heterocycles. The monoisotopic (exact) mass is 412 g/mol. The average Bonchev–Trinajstić information content (AvgIpc) is 3.44. The van der Waals surface area contributed by atoms with Crippen LogP contribution in [0.25, 0.3) is 0 Å². The third-order valence-electron chi connectivity index (χ3n) is 3.73. The molecule has 0 aliphatic carbocycles. The predicted octanol–water partition coefficient (Wildman–Crippen LogP) is 2.75. The lowest BCUT2D eigenvalue weighted by Crippen LogP contribution is -2.41. The number of carbonyl (C=O) groups excluding carboxylic acids is 4. The van der Waals surface area contributed by atoms with Crippen molar-refractivity contribution in [3.63, 3.8) is 0 Å². The van der Waals surface area contributed by atoms with Gasteiger partial charge in [-0.25, -0.2) is 9.59 Å². The van der Waals surface area contributed by atoms with Crippen LogP contribution in [0, 0.1) is 0 Å². The van der Waals surface area contributed by atoms with E-state index in [-0.39, 0.29) is 23.5 Å². The van der Waals surface area contributed by atoms with Crippen molar-refractivity contribution in [3.05, 3.63) is 81.9 Å². The molecule has 29 heavy (non-hydrogen) atoms. The van der Waals surface area contributed by atoms with E-state index in [1.165, 1.54) is 29.7 Å². The van der Waals surface area contributed by atoms with E-state index in [1.54, 1.807) is 41.8 Å². The van der Waals surface area contributed by atoms with Gasteiger partial charge in [-0.2, -0.15) is 0 Å². The summed E-state index contributed by atoms with van der Waals surface area (Å²) < 4.78 is 10.0. The van der Waals surface area contributed by atoms with Crippen LogP contribution in [0.15, 0.2) is 64.6 Å². The van der Waals surface area contributed by atoms with Crippen LogP contribution in [0.5, 0.6) is 0 Å². The van der Waals surface area contributed by atoms with Crippen LogP contribution < -0.4 is 10.6 Å². The van der Waals surface area contributed by atoms with Gasteiger partial charge in [-0.15, -0.1) is 11.3 Å². The smallest absolute Gasteiger partial charge is 0.339 e. The number of nitrogens with one attached hydrogen (secondary N) is 2. The fraction of sp³-hybridized carbons (Fsp3) is 0.100. The Morgan fingerprint density at radius 3 is 2.45 bits per heavy atom. The fourth-order valence-corrected chi connectivity index (χ4v) is 3.07. The molecule has 3 rings (SSSR count). The van der Waals surface area contributed by atoms with Gasteiger partial charge in [0.05, 0.1) is 23.2 Å². The third kappa shape index (κ3) is 5.39. The molecule has 0 saturated carbocycles. The molecule has 0 aliphatic heterocycles. The van der Waals surface area contributed by atoms with Gasteiger partial charge in [0.1, 0.15) is 5.76 Å². The number of ketones is 1. The number of benzene rings is 1. The number of rotatable bonds is 7. The number of hydrogen-bond acceptors (Lipinski definition) is 7. The summed E-state index contributed by atoms with van der Waals surface area (Å²) in [6, 6.07) is 12.1. The van der Waals surface area contributed by atoms with Crippen molar-refractivity contribution in [1.82, 2.24) is 10.6 Å². The van der Waals surface area contributed by atoms with Crippen LogP contribution in [0.4, 0.5) is 4.79 Å². The molecule has 1 aromatic carbocycles. The first-order valence-corrected chi connectivity index (χ1v) is 9.37. The zero-order valence-electron chi connectivity index (χ0n) is 15.0. The van der Waals surface area contributed by atoms with Crippen molar-refractivity contribution in [2.75, 3.05) is 6.61 Å². The van der Waals surface area contributed by atoms with Crippen LogP contribution in [-0.2, 0) is 16.1 Å². The number of carbonyl (C=O) groups is 4. The number of esters is 1. The molecule has 0 bridgehead atoms. The van der Waals surface area contributed by atoms with E-state index < -0.39 is 24.5 Å². The van der Waals surface area contributed by atoms with E-state index in [0.29, 0.717) is 10.6 Å². The highest BCUT2D eigenvalue weighted by atomic mass is 32.1. The van der Waals surface area contributed by atoms with Crippen LogP contribution in [0.3, 0.4) is 0 Å². The topological polar surface area (TPSA) is 115 Å². The number of imide groups is 1. The molecule has 0 spiro atoms. The van der Waals surface area contributed by atoms with Gasteiger partial charge in [0.2, 0.25) is 5.78 Å². The fourth-order valence-electron chi connectivity index (χ4n) is 2.40. The van der Waals surface area contributed by atoms with Gasteiger partial charge in [0.15, 0.2) is 6.61 Å². The van der Waals surface area contributed by atoms with Crippen LogP contribution in [0.1, 0.15) is 31.4 Å². The van der Waals surface area contributed by atoms with Gasteiger partial charge < -0.3 is 14.5 Å². The number of amides is 3. The zero-order chi connectivity index (χ0) is 20.6. The predicted molar refractivity (Wildman–Crippen MR) is 104 cm³/mol. The first kappa shape index (κ1) is 20.0. The molecule has 0 aliphatic rings. The Bertz CT molecular complexity index is 1010. The molecule has 8 nitrogen and oxygen atoms in total. The minimum atomic E-state index is -0.836. The molecule has 2 N–H and O–H groups in total. The zero-order valence-corrected chi connectivity index (χ0v) is 15.9. The molecule has 3 aromatic rings. The average molecular weight is 412 g/mol. The van der Waals surface area contributed by atoms with Gasteiger partial charge in [-0.1, -0.05) is 24.3 Å². The molecule has 0 radical (unpaired) electrons. The van der Waals surface area contributed by atoms with Crippen molar-refractivity contribution in [2.45, 2.75) is 6.54 Å². The summed E-state index contributed by atoms with van der Waals surface area (Å²) in [7, 11) is 0. The minimum absolute atomic E-state index is 0.0426. The Balaban J connectivity index is 1.53. The van der Waals surface area contributed by atoms with E-state index in [2.05, 4.69) is 5.32 Å². The Labute approximate surface area is 169 Å². The summed E-state index contributed by atoms with van der Waals surface area (Å²) in [5.41, 5.74) is 0.220. The molecule has 2 aromatic heterocycles. The lowest BCUT2D eigenvalue weighted by Gasteiger charge is -2.09.